The average molecular weight is 352 g/mol. The van der Waals surface area contributed by atoms with Crippen molar-refractivity contribution in [2.45, 2.75) is 32.4 Å². The number of urea groups is 1. The van der Waals surface area contributed by atoms with E-state index in [0.29, 0.717) is 18.3 Å². The van der Waals surface area contributed by atoms with Gasteiger partial charge in [-0.1, -0.05) is 44.2 Å². The lowest BCUT2D eigenvalue weighted by atomic mass is 10.1. The molecule has 1 aromatic carbocycles. The van der Waals surface area contributed by atoms with Gasteiger partial charge in [-0.25, -0.2) is 4.79 Å². The molecule has 0 bridgehead atoms. The zero-order valence-corrected chi connectivity index (χ0v) is 15.3. The van der Waals surface area contributed by atoms with Gasteiger partial charge in [0.05, 0.1) is 18.3 Å². The van der Waals surface area contributed by atoms with Gasteiger partial charge in [-0.05, 0) is 17.5 Å². The Labute approximate surface area is 153 Å². The number of amides is 2. The molecule has 0 fully saturated rings. The standard InChI is InChI=1S/C19H24N6O/c1-14(2)16-12-18(24(3)23-16)22-19(26)21-17(13-25-11-7-10-20-25)15-8-5-4-6-9-15/h4-12,14,17H,13H2,1-3H3,(H2,21,22,26)/t17-/m1/s1. The lowest BCUT2D eigenvalue weighted by Gasteiger charge is -2.19. The van der Waals surface area contributed by atoms with Crippen LogP contribution in [0, 0.1) is 0 Å². The van der Waals surface area contributed by atoms with E-state index in [9.17, 15) is 4.79 Å². The van der Waals surface area contributed by atoms with Crippen LogP contribution in [0.1, 0.15) is 37.1 Å². The number of nitrogens with zero attached hydrogens (tertiary/aromatic N) is 4. The largest absolute Gasteiger partial charge is 0.329 e. The van der Waals surface area contributed by atoms with Crippen molar-refractivity contribution < 1.29 is 4.79 Å². The third kappa shape index (κ3) is 4.30. The van der Waals surface area contributed by atoms with Crippen molar-refractivity contribution in [3.05, 3.63) is 66.1 Å². The normalized spacial score (nSPS) is 12.2. The van der Waals surface area contributed by atoms with Gasteiger partial charge in [-0.3, -0.25) is 14.7 Å². The van der Waals surface area contributed by atoms with Crippen LogP contribution in [0.15, 0.2) is 54.9 Å². The van der Waals surface area contributed by atoms with Crippen LogP contribution in [0.5, 0.6) is 0 Å². The Bertz CT molecular complexity index is 838. The molecule has 1 atom stereocenters. The number of anilines is 1. The van der Waals surface area contributed by atoms with E-state index >= 15 is 0 Å². The monoisotopic (exact) mass is 352 g/mol. The number of benzene rings is 1. The van der Waals surface area contributed by atoms with Crippen LogP contribution in [0.3, 0.4) is 0 Å². The van der Waals surface area contributed by atoms with Crippen molar-refractivity contribution in [1.29, 1.82) is 0 Å². The predicted molar refractivity (Wildman–Crippen MR) is 101 cm³/mol. The number of aryl methyl sites for hydroxylation is 1. The predicted octanol–water partition coefficient (Wildman–Crippen LogP) is 3.30. The van der Waals surface area contributed by atoms with Crippen LogP contribution in [-0.4, -0.2) is 25.6 Å². The number of rotatable bonds is 6. The minimum atomic E-state index is -0.274. The molecule has 0 unspecified atom stereocenters. The summed E-state index contributed by atoms with van der Waals surface area (Å²) in [4.78, 5) is 12.6. The van der Waals surface area contributed by atoms with E-state index in [1.54, 1.807) is 15.6 Å². The minimum absolute atomic E-state index is 0.200. The molecule has 2 heterocycles. The van der Waals surface area contributed by atoms with Gasteiger partial charge in [0.25, 0.3) is 0 Å². The fourth-order valence-electron chi connectivity index (χ4n) is 2.71. The van der Waals surface area contributed by atoms with Gasteiger partial charge < -0.3 is 5.32 Å². The number of hydrogen-bond donors (Lipinski definition) is 2. The Morgan fingerprint density at radius 1 is 1.19 bits per heavy atom. The van der Waals surface area contributed by atoms with E-state index < -0.39 is 0 Å². The van der Waals surface area contributed by atoms with Crippen molar-refractivity contribution >= 4 is 11.8 Å². The summed E-state index contributed by atoms with van der Waals surface area (Å²) in [5, 5.41) is 14.6. The van der Waals surface area contributed by atoms with E-state index in [4.69, 9.17) is 0 Å². The molecular formula is C19H24N6O. The van der Waals surface area contributed by atoms with Gasteiger partial charge in [0.15, 0.2) is 0 Å². The van der Waals surface area contributed by atoms with Crippen LogP contribution in [0.4, 0.5) is 10.6 Å². The smallest absolute Gasteiger partial charge is 0.320 e. The summed E-state index contributed by atoms with van der Waals surface area (Å²) in [7, 11) is 1.82. The first-order valence-corrected chi connectivity index (χ1v) is 8.66. The minimum Gasteiger partial charge on any atom is -0.329 e. The molecule has 7 heteroatoms. The first-order chi connectivity index (χ1) is 12.5. The molecule has 3 rings (SSSR count). The Hall–Kier alpha value is -3.09. The summed E-state index contributed by atoms with van der Waals surface area (Å²) in [6, 6.07) is 13.2. The zero-order valence-electron chi connectivity index (χ0n) is 15.3. The SMILES string of the molecule is CC(C)c1cc(NC(=O)N[C@H](Cn2cccn2)c2ccccc2)n(C)n1. The molecule has 0 spiro atoms. The van der Waals surface area contributed by atoms with Crippen molar-refractivity contribution in [1.82, 2.24) is 24.9 Å². The van der Waals surface area contributed by atoms with Gasteiger partial charge in [0, 0.05) is 25.5 Å². The number of nitrogens with one attached hydrogen (secondary N) is 2. The molecule has 2 N–H and O–H groups in total. The summed E-state index contributed by atoms with van der Waals surface area (Å²) < 4.78 is 3.48. The number of hydrogen-bond acceptors (Lipinski definition) is 3. The highest BCUT2D eigenvalue weighted by molar-refractivity contribution is 5.88. The fraction of sp³-hybridized carbons (Fsp3) is 0.316. The highest BCUT2D eigenvalue weighted by Crippen LogP contribution is 2.18. The van der Waals surface area contributed by atoms with Gasteiger partial charge in [0.2, 0.25) is 0 Å². The molecule has 0 aliphatic heterocycles. The second kappa shape index (κ2) is 7.86. The van der Waals surface area contributed by atoms with E-state index in [1.165, 1.54) is 0 Å². The van der Waals surface area contributed by atoms with Crippen molar-refractivity contribution in [3.8, 4) is 0 Å². The molecule has 2 aromatic heterocycles. The van der Waals surface area contributed by atoms with Crippen molar-refractivity contribution in [2.24, 2.45) is 7.05 Å². The maximum absolute atomic E-state index is 12.6. The van der Waals surface area contributed by atoms with Crippen molar-refractivity contribution in [3.63, 3.8) is 0 Å². The second-order valence-electron chi connectivity index (χ2n) is 6.52. The number of aromatic nitrogens is 4. The van der Waals surface area contributed by atoms with Gasteiger partial charge >= 0.3 is 6.03 Å². The Morgan fingerprint density at radius 2 is 1.96 bits per heavy atom. The lowest BCUT2D eigenvalue weighted by Crippen LogP contribution is -2.35. The lowest BCUT2D eigenvalue weighted by molar-refractivity contribution is 0.246. The molecular weight excluding hydrogens is 328 g/mol. The maximum Gasteiger partial charge on any atom is 0.320 e. The fourth-order valence-corrected chi connectivity index (χ4v) is 2.71. The topological polar surface area (TPSA) is 76.8 Å². The molecule has 0 aliphatic carbocycles. The molecule has 26 heavy (non-hydrogen) atoms. The van der Waals surface area contributed by atoms with E-state index in [-0.39, 0.29) is 12.1 Å². The van der Waals surface area contributed by atoms with Gasteiger partial charge in [-0.15, -0.1) is 0 Å². The third-order valence-corrected chi connectivity index (χ3v) is 4.17. The molecule has 3 aromatic rings. The molecule has 2 amide bonds. The van der Waals surface area contributed by atoms with Crippen LogP contribution >= 0.6 is 0 Å². The quantitative estimate of drug-likeness (QED) is 0.714. The maximum atomic E-state index is 12.6. The third-order valence-electron chi connectivity index (χ3n) is 4.17. The van der Waals surface area contributed by atoms with Crippen LogP contribution in [0.2, 0.25) is 0 Å². The Balaban J connectivity index is 1.73. The first-order valence-electron chi connectivity index (χ1n) is 8.66. The number of carbonyl (C=O) groups is 1. The highest BCUT2D eigenvalue weighted by atomic mass is 16.2. The van der Waals surface area contributed by atoms with Crippen LogP contribution in [0.25, 0.3) is 0 Å². The summed E-state index contributed by atoms with van der Waals surface area (Å²) >= 11 is 0. The molecule has 136 valence electrons. The molecule has 0 saturated carbocycles. The molecule has 0 radical (unpaired) electrons. The molecule has 7 nitrogen and oxygen atoms in total. The number of carbonyl (C=O) groups excluding carboxylic acids is 1. The van der Waals surface area contributed by atoms with E-state index in [0.717, 1.165) is 11.3 Å². The van der Waals surface area contributed by atoms with Crippen molar-refractivity contribution in [2.75, 3.05) is 5.32 Å². The van der Waals surface area contributed by atoms with Gasteiger partial charge in [-0.2, -0.15) is 10.2 Å². The summed E-state index contributed by atoms with van der Waals surface area (Å²) in [5.41, 5.74) is 1.96. The first kappa shape index (κ1) is 17.7. The highest BCUT2D eigenvalue weighted by Gasteiger charge is 2.17. The zero-order chi connectivity index (χ0) is 18.5. The van der Waals surface area contributed by atoms with E-state index in [2.05, 4.69) is 34.7 Å². The van der Waals surface area contributed by atoms with Crippen LogP contribution < -0.4 is 10.6 Å². The van der Waals surface area contributed by atoms with E-state index in [1.807, 2.05) is 55.7 Å². The Kier molecular flexibility index (Phi) is 5.36. The molecule has 0 aliphatic rings. The van der Waals surface area contributed by atoms with Crippen LogP contribution in [-0.2, 0) is 13.6 Å². The second-order valence-corrected chi connectivity index (χ2v) is 6.52. The average Bonchev–Trinajstić information content (AvgIpc) is 3.25. The summed E-state index contributed by atoms with van der Waals surface area (Å²) in [6.07, 6.45) is 3.61. The van der Waals surface area contributed by atoms with Gasteiger partial charge in [0.1, 0.15) is 5.82 Å². The Morgan fingerprint density at radius 3 is 2.58 bits per heavy atom. The summed E-state index contributed by atoms with van der Waals surface area (Å²) in [6.45, 7) is 4.69. The summed E-state index contributed by atoms with van der Waals surface area (Å²) in [5.74, 6) is 0.966. The molecule has 0 saturated heterocycles.